The predicted octanol–water partition coefficient (Wildman–Crippen LogP) is 1.92. The van der Waals surface area contributed by atoms with Gasteiger partial charge in [0.1, 0.15) is 11.5 Å². The maximum atomic E-state index is 10.5. The van der Waals surface area contributed by atoms with Crippen LogP contribution in [0.1, 0.15) is 24.2 Å². The average Bonchev–Trinajstić information content (AvgIpc) is 2.57. The van der Waals surface area contributed by atoms with E-state index in [1.807, 2.05) is 19.1 Å². The first-order valence-corrected chi connectivity index (χ1v) is 7.72. The van der Waals surface area contributed by atoms with Crippen molar-refractivity contribution < 1.29 is 20.1 Å². The number of phenols is 2. The molecule has 2 aromatic carbocycles. The van der Waals surface area contributed by atoms with Crippen molar-refractivity contribution in [3.05, 3.63) is 53.6 Å². The van der Waals surface area contributed by atoms with E-state index < -0.39 is 6.10 Å². The van der Waals surface area contributed by atoms with Crippen molar-refractivity contribution in [1.82, 2.24) is 5.32 Å². The van der Waals surface area contributed by atoms with Crippen molar-refractivity contribution in [2.45, 2.75) is 25.5 Å². The Labute approximate surface area is 140 Å². The van der Waals surface area contributed by atoms with Gasteiger partial charge in [-0.05, 0) is 48.7 Å². The van der Waals surface area contributed by atoms with E-state index in [-0.39, 0.29) is 23.2 Å². The number of benzene rings is 2. The monoisotopic (exact) mass is 330 g/mol. The fourth-order valence-corrected chi connectivity index (χ4v) is 2.43. The van der Waals surface area contributed by atoms with E-state index in [4.69, 9.17) is 0 Å². The smallest absolute Gasteiger partial charge is 0.211 e. The van der Waals surface area contributed by atoms with Crippen LogP contribution in [0.2, 0.25) is 0 Å². The third-order valence-corrected chi connectivity index (χ3v) is 3.76. The minimum atomic E-state index is -0.764. The fourth-order valence-electron chi connectivity index (χ4n) is 2.43. The Hall–Kier alpha value is -2.57. The van der Waals surface area contributed by atoms with Crippen molar-refractivity contribution in [1.29, 1.82) is 0 Å². The van der Waals surface area contributed by atoms with Crippen molar-refractivity contribution in [2.24, 2.45) is 0 Å². The van der Waals surface area contributed by atoms with E-state index in [9.17, 15) is 20.1 Å². The number of carbonyl (C=O) groups is 1. The van der Waals surface area contributed by atoms with Crippen molar-refractivity contribution in [2.75, 3.05) is 11.9 Å². The van der Waals surface area contributed by atoms with Crippen molar-refractivity contribution in [3.8, 4) is 11.5 Å². The molecule has 2 rings (SSSR count). The number of aliphatic hydroxyl groups is 1. The molecule has 128 valence electrons. The van der Waals surface area contributed by atoms with Crippen LogP contribution in [0.5, 0.6) is 11.5 Å². The molecule has 5 N–H and O–H groups in total. The Bertz CT molecular complexity index is 673. The molecule has 1 amide bonds. The van der Waals surface area contributed by atoms with E-state index in [1.165, 1.54) is 6.07 Å². The first kappa shape index (κ1) is 17.8. The lowest BCUT2D eigenvalue weighted by molar-refractivity contribution is -0.105. The number of phenolic OH excluding ortho intramolecular Hbond substituents is 2. The van der Waals surface area contributed by atoms with Gasteiger partial charge >= 0.3 is 0 Å². The number of aromatic hydroxyl groups is 2. The summed E-state index contributed by atoms with van der Waals surface area (Å²) < 4.78 is 0. The molecule has 0 aliphatic heterocycles. The lowest BCUT2D eigenvalue weighted by Crippen LogP contribution is -2.32. The van der Waals surface area contributed by atoms with Gasteiger partial charge in [0, 0.05) is 12.6 Å². The zero-order valence-electron chi connectivity index (χ0n) is 13.4. The van der Waals surface area contributed by atoms with Crippen LogP contribution in [0.15, 0.2) is 42.5 Å². The lowest BCUT2D eigenvalue weighted by atomic mass is 10.1. The Morgan fingerprint density at radius 1 is 1.12 bits per heavy atom. The molecule has 6 nitrogen and oxygen atoms in total. The molecule has 24 heavy (non-hydrogen) atoms. The summed E-state index contributed by atoms with van der Waals surface area (Å²) in [5.41, 5.74) is 1.95. The molecule has 0 saturated carbocycles. The number of hydrogen-bond donors (Lipinski definition) is 5. The first-order chi connectivity index (χ1) is 11.5. The minimum absolute atomic E-state index is 0.0493. The van der Waals surface area contributed by atoms with E-state index in [1.54, 1.807) is 24.3 Å². The summed E-state index contributed by atoms with van der Waals surface area (Å²) in [6, 6.07) is 11.7. The SMILES string of the molecule is C[C@H](Cc1ccc(O)cc1)NC[C@H](O)c1ccc(O)c(NC=O)c1. The Balaban J connectivity index is 1.90. The number of aliphatic hydroxyl groups excluding tert-OH is 1. The van der Waals surface area contributed by atoms with Crippen LogP contribution in [-0.2, 0) is 11.2 Å². The summed E-state index contributed by atoms with van der Waals surface area (Å²) in [5.74, 6) is 0.188. The topological polar surface area (TPSA) is 102 Å². The number of hydrogen-bond acceptors (Lipinski definition) is 5. The molecule has 2 atom stereocenters. The van der Waals surface area contributed by atoms with Gasteiger partial charge in [-0.1, -0.05) is 18.2 Å². The highest BCUT2D eigenvalue weighted by Gasteiger charge is 2.12. The molecule has 0 heterocycles. The Kier molecular flexibility index (Phi) is 6.17. The molecule has 0 aliphatic carbocycles. The summed E-state index contributed by atoms with van der Waals surface area (Å²) in [4.78, 5) is 10.5. The standard InChI is InChI=1S/C18H22N2O4/c1-12(8-13-2-5-15(22)6-3-13)19-10-18(24)14-4-7-17(23)16(9-14)20-11-21/h2-7,9,11-12,18-19,22-24H,8,10H2,1H3,(H,20,21)/t12-,18+/m1/s1. The second kappa shape index (κ2) is 8.33. The highest BCUT2D eigenvalue weighted by molar-refractivity contribution is 5.75. The number of nitrogens with one attached hydrogen (secondary N) is 2. The summed E-state index contributed by atoms with van der Waals surface area (Å²) in [6.07, 6.45) is 0.476. The number of amides is 1. The predicted molar refractivity (Wildman–Crippen MR) is 92.0 cm³/mol. The molecular weight excluding hydrogens is 308 g/mol. The van der Waals surface area contributed by atoms with E-state index in [0.717, 1.165) is 12.0 Å². The molecule has 0 fully saturated rings. The first-order valence-electron chi connectivity index (χ1n) is 7.72. The van der Waals surface area contributed by atoms with Crippen LogP contribution < -0.4 is 10.6 Å². The minimum Gasteiger partial charge on any atom is -0.508 e. The Morgan fingerprint density at radius 3 is 2.50 bits per heavy atom. The second-order valence-corrected chi connectivity index (χ2v) is 5.73. The summed E-state index contributed by atoms with van der Waals surface area (Å²) in [7, 11) is 0. The van der Waals surface area contributed by atoms with Gasteiger partial charge < -0.3 is 26.0 Å². The summed E-state index contributed by atoms with van der Waals surface area (Å²) >= 11 is 0. The van der Waals surface area contributed by atoms with Crippen molar-refractivity contribution in [3.63, 3.8) is 0 Å². The van der Waals surface area contributed by atoms with Gasteiger partial charge in [0.2, 0.25) is 6.41 Å². The molecule has 0 radical (unpaired) electrons. The number of carbonyl (C=O) groups excluding carboxylic acids is 1. The zero-order valence-corrected chi connectivity index (χ0v) is 13.4. The Morgan fingerprint density at radius 2 is 1.83 bits per heavy atom. The van der Waals surface area contributed by atoms with Gasteiger partial charge in [0.25, 0.3) is 0 Å². The zero-order chi connectivity index (χ0) is 17.5. The van der Waals surface area contributed by atoms with E-state index >= 15 is 0 Å². The third kappa shape index (κ3) is 4.97. The van der Waals surface area contributed by atoms with Crippen LogP contribution in [-0.4, -0.2) is 34.3 Å². The molecule has 0 saturated heterocycles. The van der Waals surface area contributed by atoms with Gasteiger partial charge in [-0.15, -0.1) is 0 Å². The second-order valence-electron chi connectivity index (χ2n) is 5.73. The third-order valence-electron chi connectivity index (χ3n) is 3.76. The maximum Gasteiger partial charge on any atom is 0.211 e. The van der Waals surface area contributed by atoms with Gasteiger partial charge in [0.15, 0.2) is 0 Å². The molecule has 0 aromatic heterocycles. The van der Waals surface area contributed by atoms with Crippen LogP contribution in [0.25, 0.3) is 0 Å². The molecule has 0 spiro atoms. The van der Waals surface area contributed by atoms with Crippen molar-refractivity contribution >= 4 is 12.1 Å². The van der Waals surface area contributed by atoms with Gasteiger partial charge in [-0.25, -0.2) is 0 Å². The van der Waals surface area contributed by atoms with Crippen LogP contribution in [0.4, 0.5) is 5.69 Å². The van der Waals surface area contributed by atoms with E-state index in [2.05, 4.69) is 10.6 Å². The summed E-state index contributed by atoms with van der Waals surface area (Å²) in [5, 5.41) is 34.8. The highest BCUT2D eigenvalue weighted by atomic mass is 16.3. The van der Waals surface area contributed by atoms with Crippen LogP contribution >= 0.6 is 0 Å². The molecule has 6 heteroatoms. The van der Waals surface area contributed by atoms with Crippen LogP contribution in [0.3, 0.4) is 0 Å². The van der Waals surface area contributed by atoms with E-state index in [0.29, 0.717) is 18.5 Å². The number of anilines is 1. The fraction of sp³-hybridized carbons (Fsp3) is 0.278. The molecule has 0 bridgehead atoms. The van der Waals surface area contributed by atoms with Gasteiger partial charge in [0.05, 0.1) is 11.8 Å². The van der Waals surface area contributed by atoms with Crippen LogP contribution in [0, 0.1) is 0 Å². The molecular formula is C18H22N2O4. The molecule has 2 aromatic rings. The summed E-state index contributed by atoms with van der Waals surface area (Å²) in [6.45, 7) is 2.35. The highest BCUT2D eigenvalue weighted by Crippen LogP contribution is 2.26. The largest absolute Gasteiger partial charge is 0.508 e. The number of rotatable bonds is 8. The molecule has 0 unspecified atom stereocenters. The van der Waals surface area contributed by atoms with Gasteiger partial charge in [-0.2, -0.15) is 0 Å². The van der Waals surface area contributed by atoms with Gasteiger partial charge in [-0.3, -0.25) is 4.79 Å². The molecule has 0 aliphatic rings. The average molecular weight is 330 g/mol. The lowest BCUT2D eigenvalue weighted by Gasteiger charge is -2.18. The maximum absolute atomic E-state index is 10.5. The quantitative estimate of drug-likeness (QED) is 0.376. The normalized spacial score (nSPS) is 13.2.